The maximum Gasteiger partial charge on any atom is 0.252 e. The summed E-state index contributed by atoms with van der Waals surface area (Å²) in [5.74, 6) is 1.10. The summed E-state index contributed by atoms with van der Waals surface area (Å²) >= 11 is 1.48. The molecule has 0 saturated heterocycles. The minimum atomic E-state index is -0.184. The highest BCUT2D eigenvalue weighted by Crippen LogP contribution is 2.33. The lowest BCUT2D eigenvalue weighted by molar-refractivity contribution is 0.506. The summed E-state index contributed by atoms with van der Waals surface area (Å²) in [5, 5.41) is 8.21. The second-order valence-corrected chi connectivity index (χ2v) is 6.57. The van der Waals surface area contributed by atoms with Gasteiger partial charge >= 0.3 is 0 Å². The topological polar surface area (TPSA) is 106 Å². The van der Waals surface area contributed by atoms with Crippen molar-refractivity contribution in [1.82, 2.24) is 15.0 Å². The summed E-state index contributed by atoms with van der Waals surface area (Å²) in [7, 11) is 0. The van der Waals surface area contributed by atoms with Crippen LogP contribution in [0.25, 0.3) is 10.7 Å². The number of nitrogens with two attached hydrogens (primary N) is 2. The predicted molar refractivity (Wildman–Crippen MR) is 86.2 cm³/mol. The molecule has 0 aliphatic carbocycles. The van der Waals surface area contributed by atoms with Crippen molar-refractivity contribution in [1.29, 1.82) is 0 Å². The van der Waals surface area contributed by atoms with Gasteiger partial charge in [0.15, 0.2) is 5.82 Å². The molecule has 0 amide bonds. The van der Waals surface area contributed by atoms with Crippen LogP contribution in [0, 0.1) is 0 Å². The molecule has 3 heterocycles. The first-order valence-corrected chi connectivity index (χ1v) is 7.44. The Morgan fingerprint density at radius 3 is 2.57 bits per heavy atom. The van der Waals surface area contributed by atoms with Crippen molar-refractivity contribution >= 4 is 34.6 Å². The standard InChI is InChI=1S/C13H17N7S/c1-7-6-13(2,3)20(19-7)12-17-10(16-11(15)18-12)9-8(14)4-5-21-9/h4-5H,6,14H2,1-3H3,(H2,15,16,17,18). The summed E-state index contributed by atoms with van der Waals surface area (Å²) in [6.07, 6.45) is 0.856. The molecule has 0 radical (unpaired) electrons. The smallest absolute Gasteiger partial charge is 0.252 e. The predicted octanol–water partition coefficient (Wildman–Crippen LogP) is 2.13. The zero-order valence-electron chi connectivity index (χ0n) is 12.2. The first-order chi connectivity index (χ1) is 9.87. The molecule has 0 fully saturated rings. The Balaban J connectivity index is 2.09. The maximum absolute atomic E-state index is 5.93. The van der Waals surface area contributed by atoms with Gasteiger partial charge in [0.25, 0.3) is 5.95 Å². The molecule has 2 aromatic rings. The van der Waals surface area contributed by atoms with Crippen LogP contribution in [0.2, 0.25) is 0 Å². The van der Waals surface area contributed by atoms with Crippen LogP contribution in [0.15, 0.2) is 16.5 Å². The fraction of sp³-hybridized carbons (Fsp3) is 0.385. The van der Waals surface area contributed by atoms with Crippen molar-refractivity contribution in [2.75, 3.05) is 16.5 Å². The molecule has 0 atom stereocenters. The third kappa shape index (κ3) is 2.42. The first-order valence-electron chi connectivity index (χ1n) is 6.56. The highest BCUT2D eigenvalue weighted by molar-refractivity contribution is 7.14. The zero-order valence-corrected chi connectivity index (χ0v) is 13.0. The molecule has 110 valence electrons. The molecule has 3 rings (SSSR count). The number of thiophene rings is 1. The van der Waals surface area contributed by atoms with Gasteiger partial charge in [-0.3, -0.25) is 0 Å². The van der Waals surface area contributed by atoms with Gasteiger partial charge in [-0.15, -0.1) is 11.3 Å². The highest BCUT2D eigenvalue weighted by atomic mass is 32.1. The number of nitrogens with zero attached hydrogens (tertiary/aromatic N) is 5. The molecule has 0 bridgehead atoms. The Labute approximate surface area is 126 Å². The van der Waals surface area contributed by atoms with Crippen LogP contribution in [0.3, 0.4) is 0 Å². The van der Waals surface area contributed by atoms with Crippen LogP contribution in [0.4, 0.5) is 17.6 Å². The van der Waals surface area contributed by atoms with E-state index in [1.807, 2.05) is 18.4 Å². The normalized spacial score (nSPS) is 17.1. The lowest BCUT2D eigenvalue weighted by Gasteiger charge is -2.28. The van der Waals surface area contributed by atoms with Crippen LogP contribution in [0.1, 0.15) is 27.2 Å². The van der Waals surface area contributed by atoms with E-state index >= 15 is 0 Å². The van der Waals surface area contributed by atoms with Gasteiger partial charge in [0.1, 0.15) is 0 Å². The molecule has 1 aliphatic rings. The quantitative estimate of drug-likeness (QED) is 0.880. The van der Waals surface area contributed by atoms with Gasteiger partial charge in [0, 0.05) is 12.1 Å². The molecule has 21 heavy (non-hydrogen) atoms. The SMILES string of the molecule is CC1=NN(c2nc(N)nc(-c3sccc3N)n2)C(C)(C)C1. The van der Waals surface area contributed by atoms with E-state index in [4.69, 9.17) is 11.5 Å². The third-order valence-corrected chi connectivity index (χ3v) is 4.19. The molecule has 0 aromatic carbocycles. The van der Waals surface area contributed by atoms with Gasteiger partial charge < -0.3 is 11.5 Å². The average molecular weight is 303 g/mol. The Morgan fingerprint density at radius 2 is 2.00 bits per heavy atom. The van der Waals surface area contributed by atoms with Gasteiger partial charge in [-0.1, -0.05) is 0 Å². The van der Waals surface area contributed by atoms with Gasteiger partial charge in [0.05, 0.1) is 16.1 Å². The molecule has 4 N–H and O–H groups in total. The lowest BCUT2D eigenvalue weighted by Crippen LogP contribution is -2.37. The summed E-state index contributed by atoms with van der Waals surface area (Å²) in [4.78, 5) is 13.7. The van der Waals surface area contributed by atoms with E-state index in [9.17, 15) is 0 Å². The zero-order chi connectivity index (χ0) is 15.2. The molecule has 0 unspecified atom stereocenters. The minimum absolute atomic E-state index is 0.165. The van der Waals surface area contributed by atoms with E-state index in [-0.39, 0.29) is 11.5 Å². The van der Waals surface area contributed by atoms with Gasteiger partial charge in [-0.25, -0.2) is 5.01 Å². The van der Waals surface area contributed by atoms with Crippen molar-refractivity contribution in [3.05, 3.63) is 11.4 Å². The molecular formula is C13H17N7S. The Bertz CT molecular complexity index is 719. The second kappa shape index (κ2) is 4.66. The number of rotatable bonds is 2. The molecule has 8 heteroatoms. The van der Waals surface area contributed by atoms with Crippen molar-refractivity contribution in [2.24, 2.45) is 5.10 Å². The average Bonchev–Trinajstić information content (AvgIpc) is 2.91. The van der Waals surface area contributed by atoms with Crippen molar-refractivity contribution in [3.8, 4) is 10.7 Å². The van der Waals surface area contributed by atoms with E-state index in [2.05, 4.69) is 33.9 Å². The van der Waals surface area contributed by atoms with Gasteiger partial charge in [-0.05, 0) is 32.2 Å². The second-order valence-electron chi connectivity index (χ2n) is 5.66. The summed E-state index contributed by atoms with van der Waals surface area (Å²) in [6.45, 7) is 6.17. The number of hydrogen-bond acceptors (Lipinski definition) is 8. The fourth-order valence-corrected chi connectivity index (χ4v) is 3.19. The Morgan fingerprint density at radius 1 is 1.24 bits per heavy atom. The molecule has 0 spiro atoms. The largest absolute Gasteiger partial charge is 0.397 e. The number of nitrogen functional groups attached to an aromatic ring is 2. The number of hydrazone groups is 1. The van der Waals surface area contributed by atoms with E-state index < -0.39 is 0 Å². The minimum Gasteiger partial charge on any atom is -0.397 e. The number of hydrogen-bond donors (Lipinski definition) is 2. The molecular weight excluding hydrogens is 286 g/mol. The monoisotopic (exact) mass is 303 g/mol. The summed E-state index contributed by atoms with van der Waals surface area (Å²) < 4.78 is 0. The van der Waals surface area contributed by atoms with Gasteiger partial charge in [0.2, 0.25) is 5.95 Å². The van der Waals surface area contributed by atoms with E-state index in [1.165, 1.54) is 11.3 Å². The highest BCUT2D eigenvalue weighted by Gasteiger charge is 2.35. The molecule has 7 nitrogen and oxygen atoms in total. The van der Waals surface area contributed by atoms with Crippen molar-refractivity contribution in [3.63, 3.8) is 0 Å². The lowest BCUT2D eigenvalue weighted by atomic mass is 9.99. The van der Waals surface area contributed by atoms with Gasteiger partial charge in [-0.2, -0.15) is 20.1 Å². The first kappa shape index (κ1) is 13.7. The number of anilines is 3. The van der Waals surface area contributed by atoms with Crippen molar-refractivity contribution < 1.29 is 0 Å². The summed E-state index contributed by atoms with van der Waals surface area (Å²) in [5.41, 5.74) is 13.3. The van der Waals surface area contributed by atoms with E-state index in [1.54, 1.807) is 5.01 Å². The third-order valence-electron chi connectivity index (χ3n) is 3.26. The van der Waals surface area contributed by atoms with Crippen LogP contribution >= 0.6 is 11.3 Å². The van der Waals surface area contributed by atoms with E-state index in [0.29, 0.717) is 17.5 Å². The van der Waals surface area contributed by atoms with Crippen molar-refractivity contribution in [2.45, 2.75) is 32.7 Å². The Kier molecular flexibility index (Phi) is 3.05. The van der Waals surface area contributed by atoms with Crippen LogP contribution in [-0.4, -0.2) is 26.2 Å². The molecule has 2 aromatic heterocycles. The van der Waals surface area contributed by atoms with Crippen LogP contribution in [-0.2, 0) is 0 Å². The Hall–Kier alpha value is -2.22. The van der Waals surface area contributed by atoms with E-state index in [0.717, 1.165) is 17.0 Å². The number of aromatic nitrogens is 3. The summed E-state index contributed by atoms with van der Waals surface area (Å²) in [6, 6.07) is 1.82. The van der Waals surface area contributed by atoms with Crippen LogP contribution in [0.5, 0.6) is 0 Å². The van der Waals surface area contributed by atoms with Crippen LogP contribution < -0.4 is 16.5 Å². The fourth-order valence-electron chi connectivity index (χ4n) is 2.44. The maximum atomic E-state index is 5.93. The molecule has 1 aliphatic heterocycles. The molecule has 0 saturated carbocycles.